The van der Waals surface area contributed by atoms with Crippen LogP contribution in [0.2, 0.25) is 0 Å². The van der Waals surface area contributed by atoms with E-state index in [1.165, 1.54) is 5.56 Å². The average molecular weight is 328 g/mol. The van der Waals surface area contributed by atoms with Gasteiger partial charge in [-0.1, -0.05) is 24.3 Å². The van der Waals surface area contributed by atoms with Crippen LogP contribution < -0.4 is 5.32 Å². The minimum atomic E-state index is -0.144. The van der Waals surface area contributed by atoms with Gasteiger partial charge in [0.15, 0.2) is 0 Å². The number of benzene rings is 1. The summed E-state index contributed by atoms with van der Waals surface area (Å²) in [6, 6.07) is 8.51. The van der Waals surface area contributed by atoms with E-state index in [1.54, 1.807) is 6.33 Å². The van der Waals surface area contributed by atoms with Crippen molar-refractivity contribution in [2.75, 3.05) is 13.2 Å². The van der Waals surface area contributed by atoms with Crippen LogP contribution in [0.4, 0.5) is 0 Å². The summed E-state index contributed by atoms with van der Waals surface area (Å²) < 4.78 is 7.81. The third-order valence-electron chi connectivity index (χ3n) is 4.34. The molecule has 0 fully saturated rings. The molecule has 3 rings (SSSR count). The van der Waals surface area contributed by atoms with Crippen LogP contribution in [0.3, 0.4) is 0 Å². The standard InChI is InChI=1S/C18H24N4O2/c1-13(2)22-12-20-21-17(22)7-9-19-18(23)11-16-15-6-4-3-5-14(15)8-10-24-16/h3-6,12-13,16H,7-11H2,1-2H3,(H,19,23)/t16-/m1/s1. The number of carbonyl (C=O) groups excluding carboxylic acids is 1. The second-order valence-corrected chi connectivity index (χ2v) is 6.36. The van der Waals surface area contributed by atoms with E-state index in [1.807, 2.05) is 16.7 Å². The Morgan fingerprint density at radius 3 is 3.08 bits per heavy atom. The number of ether oxygens (including phenoxy) is 1. The third kappa shape index (κ3) is 3.82. The van der Waals surface area contributed by atoms with Crippen molar-refractivity contribution in [1.29, 1.82) is 0 Å². The van der Waals surface area contributed by atoms with E-state index in [0.717, 1.165) is 17.8 Å². The second kappa shape index (κ2) is 7.57. The van der Waals surface area contributed by atoms with Crippen molar-refractivity contribution < 1.29 is 9.53 Å². The molecule has 0 saturated carbocycles. The SMILES string of the molecule is CC(C)n1cnnc1CCNC(=O)C[C@H]1OCCc2ccccc21. The first-order valence-electron chi connectivity index (χ1n) is 8.49. The minimum absolute atomic E-state index is 0.00677. The Hall–Kier alpha value is -2.21. The average Bonchev–Trinajstić information content (AvgIpc) is 3.04. The monoisotopic (exact) mass is 328 g/mol. The van der Waals surface area contributed by atoms with Gasteiger partial charge in [-0.3, -0.25) is 4.79 Å². The van der Waals surface area contributed by atoms with Crippen molar-refractivity contribution in [1.82, 2.24) is 20.1 Å². The fourth-order valence-electron chi connectivity index (χ4n) is 3.08. The zero-order chi connectivity index (χ0) is 16.9. The predicted molar refractivity (Wildman–Crippen MR) is 90.6 cm³/mol. The highest BCUT2D eigenvalue weighted by Crippen LogP contribution is 2.29. The van der Waals surface area contributed by atoms with Gasteiger partial charge in [-0.05, 0) is 31.4 Å². The Morgan fingerprint density at radius 1 is 1.42 bits per heavy atom. The van der Waals surface area contributed by atoms with Gasteiger partial charge >= 0.3 is 0 Å². The molecule has 6 heteroatoms. The molecule has 0 spiro atoms. The van der Waals surface area contributed by atoms with Gasteiger partial charge in [-0.2, -0.15) is 0 Å². The van der Waals surface area contributed by atoms with Gasteiger partial charge in [-0.15, -0.1) is 10.2 Å². The summed E-state index contributed by atoms with van der Waals surface area (Å²) in [7, 11) is 0. The van der Waals surface area contributed by atoms with E-state index < -0.39 is 0 Å². The lowest BCUT2D eigenvalue weighted by Crippen LogP contribution is -2.29. The van der Waals surface area contributed by atoms with Crippen LogP contribution >= 0.6 is 0 Å². The molecule has 0 radical (unpaired) electrons. The summed E-state index contributed by atoms with van der Waals surface area (Å²) in [5, 5.41) is 11.0. The van der Waals surface area contributed by atoms with Crippen molar-refractivity contribution in [2.24, 2.45) is 0 Å². The maximum atomic E-state index is 12.2. The second-order valence-electron chi connectivity index (χ2n) is 6.36. The quantitative estimate of drug-likeness (QED) is 0.883. The molecule has 1 aromatic carbocycles. The number of aromatic nitrogens is 3. The number of hydrogen-bond donors (Lipinski definition) is 1. The van der Waals surface area contributed by atoms with E-state index in [-0.39, 0.29) is 12.0 Å². The van der Waals surface area contributed by atoms with Crippen molar-refractivity contribution in [3.63, 3.8) is 0 Å². The molecule has 1 atom stereocenters. The van der Waals surface area contributed by atoms with Crippen LogP contribution in [0.5, 0.6) is 0 Å². The van der Waals surface area contributed by atoms with Gasteiger partial charge < -0.3 is 14.6 Å². The van der Waals surface area contributed by atoms with E-state index in [0.29, 0.717) is 32.0 Å². The van der Waals surface area contributed by atoms with E-state index in [9.17, 15) is 4.79 Å². The molecule has 1 aromatic heterocycles. The van der Waals surface area contributed by atoms with E-state index in [2.05, 4.69) is 41.5 Å². The van der Waals surface area contributed by atoms with E-state index in [4.69, 9.17) is 4.74 Å². The molecule has 0 unspecified atom stereocenters. The topological polar surface area (TPSA) is 69.0 Å². The van der Waals surface area contributed by atoms with Crippen LogP contribution in [0.15, 0.2) is 30.6 Å². The zero-order valence-electron chi connectivity index (χ0n) is 14.2. The molecule has 1 amide bonds. The van der Waals surface area contributed by atoms with Crippen LogP contribution in [0, 0.1) is 0 Å². The lowest BCUT2D eigenvalue weighted by Gasteiger charge is -2.25. The van der Waals surface area contributed by atoms with E-state index >= 15 is 0 Å². The van der Waals surface area contributed by atoms with Gasteiger partial charge in [0.05, 0.1) is 19.1 Å². The molecule has 0 aliphatic carbocycles. The predicted octanol–water partition coefficient (Wildman–Crippen LogP) is 2.22. The third-order valence-corrected chi connectivity index (χ3v) is 4.34. The van der Waals surface area contributed by atoms with Crippen molar-refractivity contribution in [3.8, 4) is 0 Å². The minimum Gasteiger partial charge on any atom is -0.373 e. The van der Waals surface area contributed by atoms with Gasteiger partial charge in [0.2, 0.25) is 5.91 Å². The highest BCUT2D eigenvalue weighted by molar-refractivity contribution is 5.76. The molecule has 0 bridgehead atoms. The Kier molecular flexibility index (Phi) is 5.25. The Bertz CT molecular complexity index is 696. The van der Waals surface area contributed by atoms with Crippen LogP contribution in [0.1, 0.15) is 49.4 Å². The number of amides is 1. The Balaban J connectivity index is 1.51. The Labute approximate surface area is 142 Å². The number of nitrogens with zero attached hydrogens (tertiary/aromatic N) is 3. The molecule has 128 valence electrons. The van der Waals surface area contributed by atoms with Gasteiger partial charge in [0.25, 0.3) is 0 Å². The highest BCUT2D eigenvalue weighted by Gasteiger charge is 2.22. The summed E-state index contributed by atoms with van der Waals surface area (Å²) in [6.45, 7) is 5.40. The first kappa shape index (κ1) is 16.6. The summed E-state index contributed by atoms with van der Waals surface area (Å²) in [5.41, 5.74) is 2.42. The maximum Gasteiger partial charge on any atom is 0.222 e. The molecular weight excluding hydrogens is 304 g/mol. The molecule has 24 heavy (non-hydrogen) atoms. The smallest absolute Gasteiger partial charge is 0.222 e. The summed E-state index contributed by atoms with van der Waals surface area (Å²) in [4.78, 5) is 12.2. The molecule has 2 aromatic rings. The van der Waals surface area contributed by atoms with Crippen molar-refractivity contribution in [2.45, 2.75) is 45.3 Å². The summed E-state index contributed by atoms with van der Waals surface area (Å²) >= 11 is 0. The number of carbonyl (C=O) groups is 1. The van der Waals surface area contributed by atoms with Crippen LogP contribution in [0.25, 0.3) is 0 Å². The summed E-state index contributed by atoms with van der Waals surface area (Å²) in [5.74, 6) is 0.900. The zero-order valence-corrected chi connectivity index (χ0v) is 14.2. The van der Waals surface area contributed by atoms with Gasteiger partial charge in [0.1, 0.15) is 12.2 Å². The van der Waals surface area contributed by atoms with Gasteiger partial charge in [-0.25, -0.2) is 0 Å². The number of fused-ring (bicyclic) bond motifs is 1. The van der Waals surface area contributed by atoms with Gasteiger partial charge in [0, 0.05) is 19.0 Å². The normalized spacial score (nSPS) is 16.9. The number of nitrogens with one attached hydrogen (secondary N) is 1. The Morgan fingerprint density at radius 2 is 2.25 bits per heavy atom. The molecule has 0 saturated heterocycles. The molecule has 6 nitrogen and oxygen atoms in total. The molecule has 1 N–H and O–H groups in total. The number of rotatable bonds is 6. The van der Waals surface area contributed by atoms with Crippen LogP contribution in [-0.4, -0.2) is 33.8 Å². The first-order chi connectivity index (χ1) is 11.6. The number of hydrogen-bond acceptors (Lipinski definition) is 4. The molecule has 2 heterocycles. The summed E-state index contributed by atoms with van der Waals surface area (Å²) in [6.07, 6.45) is 3.53. The lowest BCUT2D eigenvalue weighted by molar-refractivity contribution is -0.124. The molecule has 1 aliphatic heterocycles. The molecular formula is C18H24N4O2. The van der Waals surface area contributed by atoms with Crippen molar-refractivity contribution >= 4 is 5.91 Å². The fourth-order valence-corrected chi connectivity index (χ4v) is 3.08. The van der Waals surface area contributed by atoms with Crippen LogP contribution in [-0.2, 0) is 22.4 Å². The maximum absolute atomic E-state index is 12.2. The van der Waals surface area contributed by atoms with Crippen molar-refractivity contribution in [3.05, 3.63) is 47.5 Å². The first-order valence-corrected chi connectivity index (χ1v) is 8.49. The molecule has 1 aliphatic rings. The lowest BCUT2D eigenvalue weighted by atomic mass is 9.95. The highest BCUT2D eigenvalue weighted by atomic mass is 16.5. The fraction of sp³-hybridized carbons (Fsp3) is 0.500. The largest absolute Gasteiger partial charge is 0.373 e.